The van der Waals surface area contributed by atoms with E-state index in [4.69, 9.17) is 0 Å². The third-order valence-electron chi connectivity index (χ3n) is 2.92. The third-order valence-corrected chi connectivity index (χ3v) is 2.92. The smallest absolute Gasteiger partial charge is 0.270 e. The largest absolute Gasteiger partial charge is 0.340 e. The van der Waals surface area contributed by atoms with E-state index in [0.29, 0.717) is 12.2 Å². The second kappa shape index (κ2) is 6.00. The number of carbonyl (C=O) groups is 1. The quantitative estimate of drug-likeness (QED) is 0.905. The second-order valence-corrected chi connectivity index (χ2v) is 4.39. The van der Waals surface area contributed by atoms with Crippen LogP contribution in [0.1, 0.15) is 16.1 Å². The third kappa shape index (κ3) is 3.55. The van der Waals surface area contributed by atoms with Crippen molar-refractivity contribution in [2.75, 3.05) is 13.6 Å². The minimum Gasteiger partial charge on any atom is -0.340 e. The highest BCUT2D eigenvalue weighted by Gasteiger charge is 2.11. The highest BCUT2D eigenvalue weighted by atomic mass is 16.2. The summed E-state index contributed by atoms with van der Waals surface area (Å²) in [7, 11) is 1.73. The number of nitrogens with zero attached hydrogens (tertiary/aromatic N) is 1. The van der Waals surface area contributed by atoms with Crippen LogP contribution in [0.4, 0.5) is 0 Å². The first kappa shape index (κ1) is 13.1. The Kier molecular flexibility index (Phi) is 4.13. The van der Waals surface area contributed by atoms with Crippen LogP contribution in [0.2, 0.25) is 0 Å². The number of aromatic amines is 1. The van der Waals surface area contributed by atoms with Gasteiger partial charge in [-0.3, -0.25) is 9.59 Å². The van der Waals surface area contributed by atoms with E-state index < -0.39 is 0 Å². The Morgan fingerprint density at radius 1 is 1.11 bits per heavy atom. The molecule has 1 N–H and O–H groups in total. The molecule has 1 amide bonds. The van der Waals surface area contributed by atoms with E-state index in [1.165, 1.54) is 11.6 Å². The van der Waals surface area contributed by atoms with Crippen molar-refractivity contribution in [1.82, 2.24) is 9.88 Å². The molecule has 0 aliphatic rings. The van der Waals surface area contributed by atoms with Crippen LogP contribution < -0.4 is 5.56 Å². The molecule has 0 bridgehead atoms. The van der Waals surface area contributed by atoms with Gasteiger partial charge in [-0.2, -0.15) is 0 Å². The van der Waals surface area contributed by atoms with Gasteiger partial charge in [0.2, 0.25) is 5.56 Å². The van der Waals surface area contributed by atoms with Gasteiger partial charge in [0.15, 0.2) is 0 Å². The summed E-state index contributed by atoms with van der Waals surface area (Å²) in [6.07, 6.45) is 0.792. The van der Waals surface area contributed by atoms with E-state index in [9.17, 15) is 9.59 Å². The monoisotopic (exact) mass is 256 g/mol. The maximum absolute atomic E-state index is 12.1. The maximum atomic E-state index is 12.1. The number of hydrogen-bond acceptors (Lipinski definition) is 2. The number of amides is 1. The number of carbonyl (C=O) groups excluding carboxylic acids is 1. The second-order valence-electron chi connectivity index (χ2n) is 4.39. The van der Waals surface area contributed by atoms with Crippen molar-refractivity contribution in [3.63, 3.8) is 0 Å². The van der Waals surface area contributed by atoms with Crippen LogP contribution in [-0.2, 0) is 6.42 Å². The SMILES string of the molecule is CN(CCc1ccccc1)C(=O)c1cccc(=O)[nH]1. The fourth-order valence-corrected chi connectivity index (χ4v) is 1.82. The summed E-state index contributed by atoms with van der Waals surface area (Å²) in [5.41, 5.74) is 1.24. The summed E-state index contributed by atoms with van der Waals surface area (Å²) in [5.74, 6) is -0.173. The topological polar surface area (TPSA) is 53.2 Å². The summed E-state index contributed by atoms with van der Waals surface area (Å²) in [5, 5.41) is 0. The Hall–Kier alpha value is -2.36. The number of likely N-dealkylation sites (N-methyl/N-ethyl adjacent to an activating group) is 1. The lowest BCUT2D eigenvalue weighted by atomic mass is 10.1. The minimum absolute atomic E-state index is 0.173. The molecule has 0 unspecified atom stereocenters. The summed E-state index contributed by atoms with van der Waals surface area (Å²) >= 11 is 0. The number of H-pyrrole nitrogens is 1. The first-order chi connectivity index (χ1) is 9.16. The fraction of sp³-hybridized carbons (Fsp3) is 0.200. The molecule has 1 aromatic heterocycles. The molecule has 0 aliphatic carbocycles. The molecule has 1 heterocycles. The van der Waals surface area contributed by atoms with Crippen molar-refractivity contribution >= 4 is 5.91 Å². The van der Waals surface area contributed by atoms with Gasteiger partial charge in [0.05, 0.1) is 0 Å². The van der Waals surface area contributed by atoms with Gasteiger partial charge in [0.1, 0.15) is 5.69 Å². The Balaban J connectivity index is 1.98. The lowest BCUT2D eigenvalue weighted by Gasteiger charge is -2.16. The van der Waals surface area contributed by atoms with Crippen molar-refractivity contribution in [2.24, 2.45) is 0 Å². The Morgan fingerprint density at radius 2 is 1.84 bits per heavy atom. The normalized spacial score (nSPS) is 10.2. The van der Waals surface area contributed by atoms with Gasteiger partial charge < -0.3 is 9.88 Å². The van der Waals surface area contributed by atoms with Gasteiger partial charge in [-0.15, -0.1) is 0 Å². The van der Waals surface area contributed by atoms with Crippen LogP contribution in [0.3, 0.4) is 0 Å². The molecular weight excluding hydrogens is 240 g/mol. The number of hydrogen-bond donors (Lipinski definition) is 1. The zero-order chi connectivity index (χ0) is 13.7. The van der Waals surface area contributed by atoms with Crippen molar-refractivity contribution < 1.29 is 4.79 Å². The standard InChI is InChI=1S/C15H16N2O2/c1-17(11-10-12-6-3-2-4-7-12)15(19)13-8-5-9-14(18)16-13/h2-9H,10-11H2,1H3,(H,16,18). The fourth-order valence-electron chi connectivity index (χ4n) is 1.82. The van der Waals surface area contributed by atoms with Crippen molar-refractivity contribution in [2.45, 2.75) is 6.42 Å². The predicted octanol–water partition coefficient (Wildman–Crippen LogP) is 1.69. The van der Waals surface area contributed by atoms with Gasteiger partial charge in [-0.05, 0) is 18.1 Å². The molecule has 4 heteroatoms. The lowest BCUT2D eigenvalue weighted by molar-refractivity contribution is 0.0790. The molecule has 0 fully saturated rings. The molecule has 19 heavy (non-hydrogen) atoms. The zero-order valence-electron chi connectivity index (χ0n) is 10.8. The zero-order valence-corrected chi connectivity index (χ0v) is 10.8. The van der Waals surface area contributed by atoms with Crippen molar-refractivity contribution in [3.8, 4) is 0 Å². The number of pyridine rings is 1. The average molecular weight is 256 g/mol. The number of aromatic nitrogens is 1. The molecule has 0 radical (unpaired) electrons. The van der Waals surface area contributed by atoms with E-state index in [1.54, 1.807) is 24.1 Å². The van der Waals surface area contributed by atoms with Crippen LogP contribution in [0.5, 0.6) is 0 Å². The molecule has 0 saturated heterocycles. The molecule has 0 spiro atoms. The highest BCUT2D eigenvalue weighted by Crippen LogP contribution is 2.03. The number of rotatable bonds is 4. The first-order valence-corrected chi connectivity index (χ1v) is 6.15. The van der Waals surface area contributed by atoms with Gasteiger partial charge in [0, 0.05) is 19.7 Å². The van der Waals surface area contributed by atoms with E-state index in [2.05, 4.69) is 4.98 Å². The van der Waals surface area contributed by atoms with Crippen LogP contribution in [0.15, 0.2) is 53.3 Å². The molecule has 0 atom stereocenters. The van der Waals surface area contributed by atoms with E-state index in [1.807, 2.05) is 30.3 Å². The van der Waals surface area contributed by atoms with Crippen LogP contribution in [-0.4, -0.2) is 29.4 Å². The summed E-state index contributed by atoms with van der Waals surface area (Å²) in [6.45, 7) is 0.611. The molecule has 2 aromatic rings. The molecule has 98 valence electrons. The van der Waals surface area contributed by atoms with E-state index >= 15 is 0 Å². The summed E-state index contributed by atoms with van der Waals surface area (Å²) < 4.78 is 0. The summed E-state index contributed by atoms with van der Waals surface area (Å²) in [6, 6.07) is 14.6. The van der Waals surface area contributed by atoms with E-state index in [0.717, 1.165) is 6.42 Å². The molecule has 4 nitrogen and oxygen atoms in total. The molecule has 0 saturated carbocycles. The van der Waals surface area contributed by atoms with E-state index in [-0.39, 0.29) is 11.5 Å². The average Bonchev–Trinajstić information content (AvgIpc) is 2.45. The highest BCUT2D eigenvalue weighted by molar-refractivity contribution is 5.92. The minimum atomic E-state index is -0.262. The van der Waals surface area contributed by atoms with Gasteiger partial charge in [-0.25, -0.2) is 0 Å². The Labute approximate surface area is 111 Å². The predicted molar refractivity (Wildman–Crippen MR) is 74.2 cm³/mol. The van der Waals surface area contributed by atoms with Gasteiger partial charge in [-0.1, -0.05) is 36.4 Å². The molecule has 0 aliphatic heterocycles. The molecule has 1 aromatic carbocycles. The van der Waals surface area contributed by atoms with Gasteiger partial charge in [0.25, 0.3) is 5.91 Å². The first-order valence-electron chi connectivity index (χ1n) is 6.15. The maximum Gasteiger partial charge on any atom is 0.270 e. The number of nitrogens with one attached hydrogen (secondary N) is 1. The van der Waals surface area contributed by atoms with Crippen molar-refractivity contribution in [1.29, 1.82) is 0 Å². The molecular formula is C15H16N2O2. The number of benzene rings is 1. The van der Waals surface area contributed by atoms with Crippen LogP contribution in [0, 0.1) is 0 Å². The van der Waals surface area contributed by atoms with Gasteiger partial charge >= 0.3 is 0 Å². The summed E-state index contributed by atoms with van der Waals surface area (Å²) in [4.78, 5) is 27.4. The Morgan fingerprint density at radius 3 is 2.53 bits per heavy atom. The van der Waals surface area contributed by atoms with Crippen LogP contribution >= 0.6 is 0 Å². The Bertz CT molecular complexity index is 605. The van der Waals surface area contributed by atoms with Crippen molar-refractivity contribution in [3.05, 3.63) is 70.1 Å². The van der Waals surface area contributed by atoms with Crippen LogP contribution in [0.25, 0.3) is 0 Å². The molecule has 2 rings (SSSR count). The lowest BCUT2D eigenvalue weighted by Crippen LogP contribution is -2.30.